The number of aryl methyl sites for hydroxylation is 1. The Balaban J connectivity index is 2.41. The standard InChI is InChI=1S/C15H14ClNO4S/c1-10-3-6-12(7-4-10)22(19,20)17-14-8-5-11(21-2)9-13(14)15(16)18/h3-9,17H,1-2H3. The van der Waals surface area contributed by atoms with E-state index in [2.05, 4.69) is 4.72 Å². The molecule has 0 aliphatic heterocycles. The van der Waals surface area contributed by atoms with E-state index >= 15 is 0 Å². The number of halogens is 1. The Morgan fingerprint density at radius 1 is 1.14 bits per heavy atom. The van der Waals surface area contributed by atoms with Crippen LogP contribution in [0.2, 0.25) is 0 Å². The van der Waals surface area contributed by atoms with Crippen LogP contribution in [0.5, 0.6) is 5.75 Å². The number of rotatable bonds is 5. The number of anilines is 1. The molecule has 2 aromatic rings. The second-order valence-corrected chi connectivity index (χ2v) is 6.63. The summed E-state index contributed by atoms with van der Waals surface area (Å²) >= 11 is 5.50. The topological polar surface area (TPSA) is 72.5 Å². The van der Waals surface area contributed by atoms with E-state index in [1.807, 2.05) is 6.92 Å². The van der Waals surface area contributed by atoms with Crippen molar-refractivity contribution in [3.63, 3.8) is 0 Å². The molecule has 0 unspecified atom stereocenters. The Hall–Kier alpha value is -2.05. The first-order chi connectivity index (χ1) is 10.3. The SMILES string of the molecule is COc1ccc(NS(=O)(=O)c2ccc(C)cc2)c(C(=O)Cl)c1. The number of hydrogen-bond acceptors (Lipinski definition) is 4. The van der Waals surface area contributed by atoms with Gasteiger partial charge in [-0.2, -0.15) is 0 Å². The zero-order chi connectivity index (χ0) is 16.3. The van der Waals surface area contributed by atoms with Crippen LogP contribution in [-0.2, 0) is 10.0 Å². The predicted octanol–water partition coefficient (Wildman–Crippen LogP) is 3.18. The van der Waals surface area contributed by atoms with Crippen LogP contribution in [0.15, 0.2) is 47.4 Å². The van der Waals surface area contributed by atoms with Crippen molar-refractivity contribution < 1.29 is 17.9 Å². The summed E-state index contributed by atoms with van der Waals surface area (Å²) in [4.78, 5) is 11.6. The molecule has 0 fully saturated rings. The van der Waals surface area contributed by atoms with E-state index in [4.69, 9.17) is 16.3 Å². The normalized spacial score (nSPS) is 11.0. The number of methoxy groups -OCH3 is 1. The lowest BCUT2D eigenvalue weighted by Gasteiger charge is -2.12. The third kappa shape index (κ3) is 3.58. The summed E-state index contributed by atoms with van der Waals surface area (Å²) in [7, 11) is -2.37. The van der Waals surface area contributed by atoms with E-state index in [-0.39, 0.29) is 16.1 Å². The first kappa shape index (κ1) is 16.3. The minimum Gasteiger partial charge on any atom is -0.497 e. The zero-order valence-electron chi connectivity index (χ0n) is 12.0. The fourth-order valence-corrected chi connectivity index (χ4v) is 3.06. The Bertz CT molecular complexity index is 801. The molecular weight excluding hydrogens is 326 g/mol. The summed E-state index contributed by atoms with van der Waals surface area (Å²) in [5.74, 6) is 0.405. The third-order valence-electron chi connectivity index (χ3n) is 3.01. The number of hydrogen-bond donors (Lipinski definition) is 1. The molecule has 0 saturated heterocycles. The molecule has 0 bridgehead atoms. The predicted molar refractivity (Wildman–Crippen MR) is 85.2 cm³/mol. The lowest BCUT2D eigenvalue weighted by molar-refractivity contribution is 0.108. The zero-order valence-corrected chi connectivity index (χ0v) is 13.5. The van der Waals surface area contributed by atoms with Crippen molar-refractivity contribution in [2.24, 2.45) is 0 Å². The van der Waals surface area contributed by atoms with E-state index in [1.54, 1.807) is 12.1 Å². The van der Waals surface area contributed by atoms with E-state index < -0.39 is 15.3 Å². The summed E-state index contributed by atoms with van der Waals surface area (Å²) in [6.07, 6.45) is 0. The van der Waals surface area contributed by atoms with Gasteiger partial charge in [-0.05, 0) is 48.9 Å². The highest BCUT2D eigenvalue weighted by molar-refractivity contribution is 7.92. The molecule has 2 rings (SSSR count). The molecule has 0 atom stereocenters. The van der Waals surface area contributed by atoms with Gasteiger partial charge in [0.25, 0.3) is 15.3 Å². The summed E-state index contributed by atoms with van der Waals surface area (Å²) < 4.78 is 32.1. The minimum atomic E-state index is -3.81. The molecule has 0 aliphatic carbocycles. The molecule has 22 heavy (non-hydrogen) atoms. The Morgan fingerprint density at radius 3 is 2.32 bits per heavy atom. The average Bonchev–Trinajstić information content (AvgIpc) is 2.47. The summed E-state index contributed by atoms with van der Waals surface area (Å²) in [5.41, 5.74) is 1.07. The number of nitrogens with one attached hydrogen (secondary N) is 1. The molecule has 1 N–H and O–H groups in total. The van der Waals surface area contributed by atoms with Crippen LogP contribution in [0.25, 0.3) is 0 Å². The van der Waals surface area contributed by atoms with Gasteiger partial charge in [-0.25, -0.2) is 8.42 Å². The molecule has 0 aliphatic rings. The molecule has 0 amide bonds. The average molecular weight is 340 g/mol. The van der Waals surface area contributed by atoms with Crippen molar-refractivity contribution in [2.75, 3.05) is 11.8 Å². The molecular formula is C15H14ClNO4S. The van der Waals surface area contributed by atoms with Crippen molar-refractivity contribution in [2.45, 2.75) is 11.8 Å². The highest BCUT2D eigenvalue weighted by Crippen LogP contribution is 2.26. The van der Waals surface area contributed by atoms with Gasteiger partial charge in [0.15, 0.2) is 0 Å². The Kier molecular flexibility index (Phi) is 4.73. The summed E-state index contributed by atoms with van der Waals surface area (Å²) in [5, 5.41) is -0.777. The van der Waals surface area contributed by atoms with Crippen molar-refractivity contribution in [3.8, 4) is 5.75 Å². The Morgan fingerprint density at radius 2 is 1.77 bits per heavy atom. The molecule has 0 saturated carbocycles. The van der Waals surface area contributed by atoms with Gasteiger partial charge in [-0.15, -0.1) is 0 Å². The summed E-state index contributed by atoms with van der Waals surface area (Å²) in [6.45, 7) is 1.86. The van der Waals surface area contributed by atoms with Crippen LogP contribution in [0, 0.1) is 6.92 Å². The summed E-state index contributed by atoms with van der Waals surface area (Å²) in [6, 6.07) is 10.7. The van der Waals surface area contributed by atoms with Gasteiger partial charge < -0.3 is 4.74 Å². The highest BCUT2D eigenvalue weighted by atomic mass is 35.5. The fourth-order valence-electron chi connectivity index (χ4n) is 1.82. The largest absolute Gasteiger partial charge is 0.497 e. The first-order valence-electron chi connectivity index (χ1n) is 6.31. The van der Waals surface area contributed by atoms with Gasteiger partial charge in [-0.3, -0.25) is 9.52 Å². The quantitative estimate of drug-likeness (QED) is 0.849. The second kappa shape index (κ2) is 6.37. The van der Waals surface area contributed by atoms with Crippen LogP contribution in [0.1, 0.15) is 15.9 Å². The van der Waals surface area contributed by atoms with Gasteiger partial charge in [-0.1, -0.05) is 17.7 Å². The van der Waals surface area contributed by atoms with Gasteiger partial charge in [0.05, 0.1) is 23.3 Å². The first-order valence-corrected chi connectivity index (χ1v) is 8.17. The van der Waals surface area contributed by atoms with Crippen molar-refractivity contribution in [1.82, 2.24) is 0 Å². The maximum absolute atomic E-state index is 12.3. The smallest absolute Gasteiger partial charge is 0.261 e. The molecule has 2 aromatic carbocycles. The van der Waals surface area contributed by atoms with Gasteiger partial charge in [0.2, 0.25) is 0 Å². The Labute approximate surface area is 133 Å². The number of sulfonamides is 1. The number of benzene rings is 2. The molecule has 0 heterocycles. The monoisotopic (exact) mass is 339 g/mol. The minimum absolute atomic E-state index is 0.0247. The maximum Gasteiger partial charge on any atom is 0.261 e. The van der Waals surface area contributed by atoms with E-state index in [9.17, 15) is 13.2 Å². The lowest BCUT2D eigenvalue weighted by atomic mass is 10.2. The van der Waals surface area contributed by atoms with Crippen LogP contribution < -0.4 is 9.46 Å². The number of carbonyl (C=O) groups is 1. The van der Waals surface area contributed by atoms with Crippen LogP contribution >= 0.6 is 11.6 Å². The maximum atomic E-state index is 12.3. The lowest BCUT2D eigenvalue weighted by Crippen LogP contribution is -2.15. The van der Waals surface area contributed by atoms with Crippen molar-refractivity contribution in [1.29, 1.82) is 0 Å². The molecule has 0 radical (unpaired) electrons. The van der Waals surface area contributed by atoms with Crippen molar-refractivity contribution >= 4 is 32.6 Å². The molecule has 0 aromatic heterocycles. The third-order valence-corrected chi connectivity index (χ3v) is 4.60. The highest BCUT2D eigenvalue weighted by Gasteiger charge is 2.18. The number of carbonyl (C=O) groups excluding carboxylic acids is 1. The second-order valence-electron chi connectivity index (χ2n) is 4.60. The molecule has 0 spiro atoms. The van der Waals surface area contributed by atoms with Gasteiger partial charge in [0, 0.05) is 0 Å². The van der Waals surface area contributed by atoms with Gasteiger partial charge >= 0.3 is 0 Å². The van der Waals surface area contributed by atoms with E-state index in [1.165, 1.54) is 37.4 Å². The van der Waals surface area contributed by atoms with Crippen LogP contribution in [0.3, 0.4) is 0 Å². The molecule has 5 nitrogen and oxygen atoms in total. The van der Waals surface area contributed by atoms with E-state index in [0.717, 1.165) is 5.56 Å². The van der Waals surface area contributed by atoms with Crippen LogP contribution in [-0.4, -0.2) is 20.8 Å². The molecule has 7 heteroatoms. The fraction of sp³-hybridized carbons (Fsp3) is 0.133. The van der Waals surface area contributed by atoms with Crippen molar-refractivity contribution in [3.05, 3.63) is 53.6 Å². The number of ether oxygens (including phenoxy) is 1. The van der Waals surface area contributed by atoms with Crippen LogP contribution in [0.4, 0.5) is 5.69 Å². The van der Waals surface area contributed by atoms with Gasteiger partial charge in [0.1, 0.15) is 5.75 Å². The molecule has 116 valence electrons. The van der Waals surface area contributed by atoms with E-state index in [0.29, 0.717) is 5.75 Å².